The number of allylic oxidation sites excluding steroid dienone is 4. The Morgan fingerprint density at radius 1 is 1.40 bits per heavy atom. The van der Waals surface area contributed by atoms with Crippen LogP contribution in [0.15, 0.2) is 53.0 Å². The monoisotopic (exact) mass is 358 g/mol. The Morgan fingerprint density at radius 2 is 2.16 bits per heavy atom. The molecule has 0 radical (unpaired) electrons. The molecule has 0 bridgehead atoms. The molecule has 0 saturated heterocycles. The van der Waals surface area contributed by atoms with Crippen molar-refractivity contribution in [1.82, 2.24) is 4.72 Å². The molecule has 1 aromatic carbocycles. The zero-order valence-electron chi connectivity index (χ0n) is 14.4. The molecule has 1 heterocycles. The van der Waals surface area contributed by atoms with Gasteiger partial charge in [-0.25, -0.2) is 13.1 Å². The zero-order valence-corrected chi connectivity index (χ0v) is 15.2. The largest absolute Gasteiger partial charge is 0.321 e. The topological polar surface area (TPSA) is 75.3 Å². The molecule has 1 unspecified atom stereocenters. The fourth-order valence-corrected chi connectivity index (χ4v) is 3.97. The van der Waals surface area contributed by atoms with E-state index in [4.69, 9.17) is 0 Å². The average molecular weight is 358 g/mol. The molecule has 0 spiro atoms. The van der Waals surface area contributed by atoms with Crippen molar-refractivity contribution < 1.29 is 13.2 Å². The van der Waals surface area contributed by atoms with Crippen molar-refractivity contribution in [2.75, 3.05) is 12.4 Å². The van der Waals surface area contributed by atoms with E-state index in [-0.39, 0.29) is 10.8 Å². The minimum Gasteiger partial charge on any atom is -0.321 e. The first-order valence-corrected chi connectivity index (χ1v) is 9.75. The van der Waals surface area contributed by atoms with E-state index in [0.29, 0.717) is 22.7 Å². The van der Waals surface area contributed by atoms with Crippen LogP contribution in [0.5, 0.6) is 0 Å². The van der Waals surface area contributed by atoms with Crippen molar-refractivity contribution in [3.63, 3.8) is 0 Å². The molecule has 3 rings (SSSR count). The van der Waals surface area contributed by atoms with Gasteiger partial charge >= 0.3 is 0 Å². The first-order valence-electron chi connectivity index (χ1n) is 8.27. The molecule has 1 aromatic rings. The highest BCUT2D eigenvalue weighted by atomic mass is 32.2. The Bertz CT molecular complexity index is 911. The Morgan fingerprint density at radius 3 is 2.76 bits per heavy atom. The number of anilines is 1. The lowest BCUT2D eigenvalue weighted by Crippen LogP contribution is -2.18. The van der Waals surface area contributed by atoms with E-state index in [0.717, 1.165) is 24.8 Å². The fourth-order valence-electron chi connectivity index (χ4n) is 3.21. The number of benzene rings is 1. The van der Waals surface area contributed by atoms with Crippen LogP contribution >= 0.6 is 0 Å². The summed E-state index contributed by atoms with van der Waals surface area (Å²) in [6.45, 7) is 6.07. The van der Waals surface area contributed by atoms with Crippen molar-refractivity contribution >= 4 is 27.2 Å². The summed E-state index contributed by atoms with van der Waals surface area (Å²) in [6, 6.07) is 4.67. The Labute approximate surface area is 148 Å². The van der Waals surface area contributed by atoms with Gasteiger partial charge in [0.2, 0.25) is 10.0 Å². The van der Waals surface area contributed by atoms with Crippen LogP contribution in [-0.2, 0) is 14.8 Å². The van der Waals surface area contributed by atoms with Crippen LogP contribution in [-0.4, -0.2) is 21.4 Å². The number of carbonyl (C=O) groups is 1. The first kappa shape index (κ1) is 17.6. The number of carbonyl (C=O) groups excluding carboxylic acids is 1. The molecule has 132 valence electrons. The lowest BCUT2D eigenvalue weighted by atomic mass is 9.85. The van der Waals surface area contributed by atoms with Crippen LogP contribution in [0.4, 0.5) is 5.69 Å². The summed E-state index contributed by atoms with van der Waals surface area (Å²) in [6.07, 6.45) is 6.86. The molecule has 1 aliphatic heterocycles. The second-order valence-electron chi connectivity index (χ2n) is 6.52. The van der Waals surface area contributed by atoms with E-state index >= 15 is 0 Å². The Balaban J connectivity index is 1.96. The molecule has 0 fully saturated rings. The van der Waals surface area contributed by atoms with E-state index in [1.165, 1.54) is 18.7 Å². The van der Waals surface area contributed by atoms with Crippen molar-refractivity contribution in [2.45, 2.75) is 31.1 Å². The third-order valence-electron chi connectivity index (χ3n) is 4.83. The molecule has 2 N–H and O–H groups in total. The summed E-state index contributed by atoms with van der Waals surface area (Å²) in [4.78, 5) is 12.5. The highest BCUT2D eigenvalue weighted by Crippen LogP contribution is 2.36. The molecular formula is C19H22N2O3S. The van der Waals surface area contributed by atoms with Gasteiger partial charge in [0, 0.05) is 16.8 Å². The van der Waals surface area contributed by atoms with Gasteiger partial charge in [-0.1, -0.05) is 23.8 Å². The summed E-state index contributed by atoms with van der Waals surface area (Å²) < 4.78 is 26.3. The summed E-state index contributed by atoms with van der Waals surface area (Å²) in [5.74, 6) is 0.302. The third kappa shape index (κ3) is 3.45. The van der Waals surface area contributed by atoms with Gasteiger partial charge < -0.3 is 5.32 Å². The van der Waals surface area contributed by atoms with E-state index in [1.54, 1.807) is 12.1 Å². The molecule has 5 nitrogen and oxygen atoms in total. The van der Waals surface area contributed by atoms with E-state index in [2.05, 4.69) is 22.7 Å². The maximum atomic E-state index is 12.3. The number of amides is 1. The SMILES string of the molecule is C=C(C)C1CC=C(C=C2C(=O)Nc3ccc(S(=O)(=O)NC)cc32)CC1. The van der Waals surface area contributed by atoms with Gasteiger partial charge in [-0.3, -0.25) is 4.79 Å². The van der Waals surface area contributed by atoms with E-state index in [1.807, 2.05) is 13.0 Å². The number of sulfonamides is 1. The van der Waals surface area contributed by atoms with Gasteiger partial charge in [0.25, 0.3) is 5.91 Å². The van der Waals surface area contributed by atoms with Crippen LogP contribution in [0.2, 0.25) is 0 Å². The standard InChI is InChI=1S/C19H22N2O3S/c1-12(2)14-6-4-13(5-7-14)10-17-16-11-15(25(23,24)20-3)8-9-18(16)21-19(17)22/h4,8-11,14,20H,1,5-7H2,2-3H3,(H,21,22). The normalized spacial score (nSPS) is 21.7. The molecule has 6 heteroatoms. The van der Waals surface area contributed by atoms with Crippen LogP contribution in [0.25, 0.3) is 5.57 Å². The highest BCUT2D eigenvalue weighted by Gasteiger charge is 2.27. The Kier molecular flexibility index (Phi) is 4.67. The third-order valence-corrected chi connectivity index (χ3v) is 6.24. The maximum Gasteiger partial charge on any atom is 0.256 e. The number of hydrogen-bond acceptors (Lipinski definition) is 3. The predicted molar refractivity (Wildman–Crippen MR) is 99.5 cm³/mol. The van der Waals surface area contributed by atoms with Crippen LogP contribution in [0, 0.1) is 5.92 Å². The maximum absolute atomic E-state index is 12.3. The fraction of sp³-hybridized carbons (Fsp3) is 0.316. The summed E-state index contributed by atoms with van der Waals surface area (Å²) in [5.41, 5.74) is 4.08. The van der Waals surface area contributed by atoms with E-state index in [9.17, 15) is 13.2 Å². The molecule has 0 aromatic heterocycles. The lowest BCUT2D eigenvalue weighted by molar-refractivity contribution is -0.110. The van der Waals surface area contributed by atoms with Crippen molar-refractivity contribution in [3.05, 3.63) is 53.6 Å². The summed E-state index contributed by atoms with van der Waals surface area (Å²) in [7, 11) is -2.18. The minimum atomic E-state index is -3.55. The van der Waals surface area contributed by atoms with Crippen LogP contribution in [0.1, 0.15) is 31.7 Å². The van der Waals surface area contributed by atoms with Gasteiger partial charge in [-0.15, -0.1) is 0 Å². The van der Waals surface area contributed by atoms with Gasteiger partial charge in [-0.2, -0.15) is 0 Å². The van der Waals surface area contributed by atoms with E-state index < -0.39 is 10.0 Å². The highest BCUT2D eigenvalue weighted by molar-refractivity contribution is 7.89. The average Bonchev–Trinajstić information content (AvgIpc) is 2.90. The second kappa shape index (κ2) is 6.61. The van der Waals surface area contributed by atoms with Crippen molar-refractivity contribution in [2.24, 2.45) is 5.92 Å². The molecule has 1 amide bonds. The smallest absolute Gasteiger partial charge is 0.256 e. The quantitative estimate of drug-likeness (QED) is 0.641. The van der Waals surface area contributed by atoms with Gasteiger partial charge in [0.15, 0.2) is 0 Å². The second-order valence-corrected chi connectivity index (χ2v) is 8.41. The predicted octanol–water partition coefficient (Wildman–Crippen LogP) is 3.23. The lowest BCUT2D eigenvalue weighted by Gasteiger charge is -2.20. The number of hydrogen-bond donors (Lipinski definition) is 2. The van der Waals surface area contributed by atoms with Gasteiger partial charge in [0.1, 0.15) is 0 Å². The number of fused-ring (bicyclic) bond motifs is 1. The summed E-state index contributed by atoms with van der Waals surface area (Å²) in [5, 5.41) is 2.80. The molecule has 0 saturated carbocycles. The number of rotatable bonds is 4. The van der Waals surface area contributed by atoms with Crippen LogP contribution < -0.4 is 10.0 Å². The molecule has 25 heavy (non-hydrogen) atoms. The van der Waals surface area contributed by atoms with Crippen molar-refractivity contribution in [3.8, 4) is 0 Å². The van der Waals surface area contributed by atoms with Gasteiger partial charge in [-0.05, 0) is 63.4 Å². The molecule has 1 aliphatic carbocycles. The Hall–Kier alpha value is -2.18. The summed E-state index contributed by atoms with van der Waals surface area (Å²) >= 11 is 0. The molecular weight excluding hydrogens is 336 g/mol. The molecule has 2 aliphatic rings. The number of nitrogens with one attached hydrogen (secondary N) is 2. The molecule has 1 atom stereocenters. The zero-order chi connectivity index (χ0) is 18.2. The van der Waals surface area contributed by atoms with Crippen molar-refractivity contribution in [1.29, 1.82) is 0 Å². The van der Waals surface area contributed by atoms with Crippen LogP contribution in [0.3, 0.4) is 0 Å². The first-order chi connectivity index (χ1) is 11.8. The van der Waals surface area contributed by atoms with Gasteiger partial charge in [0.05, 0.1) is 4.90 Å². The minimum absolute atomic E-state index is 0.149.